The minimum Gasteiger partial charge on any atom is -0.505 e. The highest BCUT2D eigenvalue weighted by molar-refractivity contribution is 6.46. The minimum absolute atomic E-state index is 0.0137. The summed E-state index contributed by atoms with van der Waals surface area (Å²) in [6.45, 7) is 2.79. The molecular formula is C24H25FN4O3. The number of aliphatic hydroxyl groups is 1. The Balaban J connectivity index is 1.87. The zero-order valence-electron chi connectivity index (χ0n) is 18.2. The molecule has 1 atom stereocenters. The first-order valence-corrected chi connectivity index (χ1v) is 10.4. The lowest BCUT2D eigenvalue weighted by molar-refractivity contribution is -0.139. The van der Waals surface area contributed by atoms with Crippen LogP contribution in [-0.4, -0.2) is 63.2 Å². The Morgan fingerprint density at radius 1 is 1.16 bits per heavy atom. The molecule has 1 fully saturated rings. The molecule has 0 radical (unpaired) electrons. The first-order chi connectivity index (χ1) is 15.3. The molecule has 8 heteroatoms. The number of rotatable bonds is 6. The normalized spacial score (nSPS) is 18.3. The Morgan fingerprint density at radius 2 is 1.88 bits per heavy atom. The third-order valence-electron chi connectivity index (χ3n) is 5.66. The first kappa shape index (κ1) is 21.7. The number of aryl methyl sites for hydroxylation is 1. The van der Waals surface area contributed by atoms with Gasteiger partial charge in [-0.3, -0.25) is 14.0 Å². The van der Waals surface area contributed by atoms with Gasteiger partial charge in [-0.1, -0.05) is 18.2 Å². The number of aliphatic hydroxyl groups excluding tert-OH is 1. The maximum atomic E-state index is 13.6. The highest BCUT2D eigenvalue weighted by atomic mass is 19.1. The number of hydrogen-bond donors (Lipinski definition) is 1. The van der Waals surface area contributed by atoms with E-state index in [2.05, 4.69) is 4.98 Å². The lowest BCUT2D eigenvalue weighted by Gasteiger charge is -2.26. The Morgan fingerprint density at radius 3 is 2.56 bits per heavy atom. The van der Waals surface area contributed by atoms with Crippen LogP contribution >= 0.6 is 0 Å². The van der Waals surface area contributed by atoms with Crippen LogP contribution < -0.4 is 0 Å². The lowest BCUT2D eigenvalue weighted by atomic mass is 9.96. The molecular weight excluding hydrogens is 411 g/mol. The van der Waals surface area contributed by atoms with E-state index in [0.717, 1.165) is 6.54 Å². The zero-order chi connectivity index (χ0) is 23.0. The van der Waals surface area contributed by atoms with Crippen LogP contribution in [0.2, 0.25) is 0 Å². The van der Waals surface area contributed by atoms with Crippen LogP contribution in [0.4, 0.5) is 4.39 Å². The third-order valence-corrected chi connectivity index (χ3v) is 5.66. The average Bonchev–Trinajstić information content (AvgIpc) is 3.22. The van der Waals surface area contributed by atoms with Gasteiger partial charge in [0.05, 0.1) is 17.3 Å². The van der Waals surface area contributed by atoms with E-state index >= 15 is 0 Å². The molecule has 166 valence electrons. The Hall–Kier alpha value is -3.52. The summed E-state index contributed by atoms with van der Waals surface area (Å²) in [6.07, 6.45) is 2.39. The second-order valence-corrected chi connectivity index (χ2v) is 8.18. The number of aromatic nitrogens is 2. The van der Waals surface area contributed by atoms with Crippen molar-refractivity contribution in [1.82, 2.24) is 19.2 Å². The second kappa shape index (κ2) is 8.55. The standard InChI is InChI=1S/C24H25FN4O3/c1-15-20(28-13-5-4-7-18(28)26-15)22(30)19-21(16-8-10-17(25)11-9-16)29(24(32)23(19)31)14-6-12-27(2)3/h4-5,7-11,13,21,30H,6,12,14H2,1-3H3/b22-19-. The number of likely N-dealkylation sites (tertiary alicyclic amines) is 1. The third kappa shape index (κ3) is 3.78. The van der Waals surface area contributed by atoms with E-state index in [0.29, 0.717) is 35.6 Å². The molecule has 3 heterocycles. The number of carbonyl (C=O) groups excluding carboxylic acids is 2. The molecule has 1 aliphatic rings. The number of amides is 1. The SMILES string of the molecule is Cc1nc2ccccn2c1/C(O)=C1/C(=O)C(=O)N(CCCN(C)C)C1c1ccc(F)cc1. The van der Waals surface area contributed by atoms with Crippen molar-refractivity contribution in [3.05, 3.63) is 77.0 Å². The molecule has 1 aromatic carbocycles. The maximum absolute atomic E-state index is 13.6. The van der Waals surface area contributed by atoms with Crippen molar-refractivity contribution >= 4 is 23.1 Å². The van der Waals surface area contributed by atoms with Crippen LogP contribution in [0.25, 0.3) is 11.4 Å². The maximum Gasteiger partial charge on any atom is 0.295 e. The molecule has 2 aromatic heterocycles. The van der Waals surface area contributed by atoms with Gasteiger partial charge in [0.15, 0.2) is 5.76 Å². The minimum atomic E-state index is -0.813. The van der Waals surface area contributed by atoms with E-state index in [1.807, 2.05) is 25.1 Å². The summed E-state index contributed by atoms with van der Waals surface area (Å²) in [5.41, 5.74) is 2.05. The second-order valence-electron chi connectivity index (χ2n) is 8.18. The number of carbonyl (C=O) groups is 2. The number of halogens is 1. The van der Waals surface area contributed by atoms with Crippen LogP contribution in [0.5, 0.6) is 0 Å². The molecule has 4 rings (SSSR count). The molecule has 1 unspecified atom stereocenters. The molecule has 1 aliphatic heterocycles. The number of pyridine rings is 1. The van der Waals surface area contributed by atoms with Crippen molar-refractivity contribution in [1.29, 1.82) is 0 Å². The highest BCUT2D eigenvalue weighted by Gasteiger charge is 2.46. The van der Waals surface area contributed by atoms with E-state index in [4.69, 9.17) is 0 Å². The van der Waals surface area contributed by atoms with Gasteiger partial charge in [0, 0.05) is 12.7 Å². The fourth-order valence-electron chi connectivity index (χ4n) is 4.19. The molecule has 0 bridgehead atoms. The van der Waals surface area contributed by atoms with Crippen LogP contribution in [0.15, 0.2) is 54.2 Å². The number of ketones is 1. The monoisotopic (exact) mass is 436 g/mol. The van der Waals surface area contributed by atoms with E-state index in [1.54, 1.807) is 41.8 Å². The molecule has 3 aromatic rings. The molecule has 0 aliphatic carbocycles. The van der Waals surface area contributed by atoms with Crippen molar-refractivity contribution in [2.24, 2.45) is 0 Å². The summed E-state index contributed by atoms with van der Waals surface area (Å²) in [5, 5.41) is 11.3. The summed E-state index contributed by atoms with van der Waals surface area (Å²) in [6, 6.07) is 10.3. The number of hydrogen-bond acceptors (Lipinski definition) is 5. The van der Waals surface area contributed by atoms with Gasteiger partial charge in [0.2, 0.25) is 0 Å². The highest BCUT2D eigenvalue weighted by Crippen LogP contribution is 2.40. The lowest BCUT2D eigenvalue weighted by Crippen LogP contribution is -2.32. The fraction of sp³-hybridized carbons (Fsp3) is 0.292. The summed E-state index contributed by atoms with van der Waals surface area (Å²) in [7, 11) is 3.86. The average molecular weight is 436 g/mol. The summed E-state index contributed by atoms with van der Waals surface area (Å²) < 4.78 is 15.3. The Labute approximate surface area is 185 Å². The fourth-order valence-corrected chi connectivity index (χ4v) is 4.19. The van der Waals surface area contributed by atoms with Crippen LogP contribution in [-0.2, 0) is 9.59 Å². The van der Waals surface area contributed by atoms with Crippen molar-refractivity contribution < 1.29 is 19.1 Å². The zero-order valence-corrected chi connectivity index (χ0v) is 18.2. The summed E-state index contributed by atoms with van der Waals surface area (Å²) in [5.74, 6) is -2.14. The van der Waals surface area contributed by atoms with E-state index < -0.39 is 23.5 Å². The van der Waals surface area contributed by atoms with Crippen molar-refractivity contribution in [3.8, 4) is 0 Å². The predicted molar refractivity (Wildman–Crippen MR) is 119 cm³/mol. The smallest absolute Gasteiger partial charge is 0.295 e. The summed E-state index contributed by atoms with van der Waals surface area (Å²) >= 11 is 0. The van der Waals surface area contributed by atoms with Crippen LogP contribution in [0.3, 0.4) is 0 Å². The van der Waals surface area contributed by atoms with Crippen LogP contribution in [0, 0.1) is 12.7 Å². The molecule has 0 spiro atoms. The number of Topliss-reactive ketones (excluding diaryl/α,β-unsaturated/α-hetero) is 1. The van der Waals surface area contributed by atoms with Gasteiger partial charge in [-0.2, -0.15) is 0 Å². The molecule has 1 saturated heterocycles. The quantitative estimate of drug-likeness (QED) is 0.365. The molecule has 0 saturated carbocycles. The Bertz CT molecular complexity index is 1210. The molecule has 1 N–H and O–H groups in total. The predicted octanol–water partition coefficient (Wildman–Crippen LogP) is 3.16. The number of benzene rings is 1. The molecule has 7 nitrogen and oxygen atoms in total. The van der Waals surface area contributed by atoms with Gasteiger partial charge in [0.1, 0.15) is 17.2 Å². The van der Waals surface area contributed by atoms with Gasteiger partial charge < -0.3 is 14.9 Å². The largest absolute Gasteiger partial charge is 0.505 e. The number of nitrogens with zero attached hydrogens (tertiary/aromatic N) is 4. The van der Waals surface area contributed by atoms with Gasteiger partial charge in [-0.05, 0) is 63.8 Å². The van der Waals surface area contributed by atoms with Crippen molar-refractivity contribution in [2.75, 3.05) is 27.2 Å². The topological polar surface area (TPSA) is 78.1 Å². The van der Waals surface area contributed by atoms with Gasteiger partial charge >= 0.3 is 0 Å². The Kier molecular flexibility index (Phi) is 5.80. The van der Waals surface area contributed by atoms with Gasteiger partial charge in [-0.25, -0.2) is 9.37 Å². The first-order valence-electron chi connectivity index (χ1n) is 10.4. The van der Waals surface area contributed by atoms with Crippen molar-refractivity contribution in [3.63, 3.8) is 0 Å². The van der Waals surface area contributed by atoms with E-state index in [-0.39, 0.29) is 11.3 Å². The van der Waals surface area contributed by atoms with Crippen molar-refractivity contribution in [2.45, 2.75) is 19.4 Å². The molecule has 1 amide bonds. The molecule has 32 heavy (non-hydrogen) atoms. The van der Waals surface area contributed by atoms with Gasteiger partial charge in [0.25, 0.3) is 11.7 Å². The van der Waals surface area contributed by atoms with Gasteiger partial charge in [-0.15, -0.1) is 0 Å². The number of fused-ring (bicyclic) bond motifs is 1. The summed E-state index contributed by atoms with van der Waals surface area (Å²) in [4.78, 5) is 34.0. The van der Waals surface area contributed by atoms with E-state index in [1.165, 1.54) is 17.0 Å². The van der Waals surface area contributed by atoms with Crippen LogP contribution in [0.1, 0.15) is 29.4 Å². The van der Waals surface area contributed by atoms with E-state index in [9.17, 15) is 19.1 Å². The number of imidazole rings is 1.